The van der Waals surface area contributed by atoms with E-state index in [1.807, 2.05) is 24.4 Å². The topological polar surface area (TPSA) is 56.0 Å². The summed E-state index contributed by atoms with van der Waals surface area (Å²) in [5, 5.41) is 13.9. The Morgan fingerprint density at radius 1 is 1.26 bits per heavy atom. The van der Waals surface area contributed by atoms with E-state index in [-0.39, 0.29) is 10.6 Å². The van der Waals surface area contributed by atoms with Crippen LogP contribution in [0.3, 0.4) is 0 Å². The fourth-order valence-electron chi connectivity index (χ4n) is 2.09. The molecule has 94 valence electrons. The summed E-state index contributed by atoms with van der Waals surface area (Å²) in [7, 11) is 0. The van der Waals surface area contributed by atoms with E-state index in [0.29, 0.717) is 0 Å². The molecule has 2 heterocycles. The van der Waals surface area contributed by atoms with Crippen molar-refractivity contribution in [2.45, 2.75) is 6.92 Å². The van der Waals surface area contributed by atoms with E-state index in [4.69, 9.17) is 0 Å². The number of benzene rings is 1. The molecule has 3 rings (SSSR count). The van der Waals surface area contributed by atoms with Gasteiger partial charge < -0.3 is 0 Å². The Morgan fingerprint density at radius 3 is 2.89 bits per heavy atom. The highest BCUT2D eigenvalue weighted by molar-refractivity contribution is 7.17. The van der Waals surface area contributed by atoms with Crippen molar-refractivity contribution in [2.24, 2.45) is 0 Å². The van der Waals surface area contributed by atoms with Crippen molar-refractivity contribution in [1.82, 2.24) is 4.98 Å². The van der Waals surface area contributed by atoms with E-state index in [9.17, 15) is 10.1 Å². The van der Waals surface area contributed by atoms with Crippen LogP contribution in [0.1, 0.15) is 5.56 Å². The third-order valence-electron chi connectivity index (χ3n) is 3.07. The molecule has 0 aliphatic rings. The molecule has 0 bridgehead atoms. The number of aromatic nitrogens is 1. The molecule has 0 aliphatic carbocycles. The minimum atomic E-state index is -0.378. The van der Waals surface area contributed by atoms with Crippen LogP contribution in [-0.4, -0.2) is 9.91 Å². The zero-order chi connectivity index (χ0) is 13.4. The lowest BCUT2D eigenvalue weighted by molar-refractivity contribution is -0.384. The second-order valence-electron chi connectivity index (χ2n) is 4.25. The van der Waals surface area contributed by atoms with Crippen molar-refractivity contribution in [2.75, 3.05) is 0 Å². The molecule has 0 unspecified atom stereocenters. The number of pyridine rings is 1. The smallest absolute Gasteiger partial charge is 0.258 e. The normalized spacial score (nSPS) is 10.8. The van der Waals surface area contributed by atoms with Gasteiger partial charge in [-0.1, -0.05) is 6.07 Å². The van der Waals surface area contributed by atoms with Gasteiger partial charge in [-0.3, -0.25) is 15.1 Å². The van der Waals surface area contributed by atoms with E-state index in [2.05, 4.69) is 4.98 Å². The van der Waals surface area contributed by atoms with Gasteiger partial charge in [0, 0.05) is 34.0 Å². The minimum absolute atomic E-state index is 0.0923. The maximum Gasteiger partial charge on any atom is 0.270 e. The average molecular weight is 270 g/mol. The van der Waals surface area contributed by atoms with Crippen LogP contribution >= 0.6 is 11.3 Å². The first kappa shape index (κ1) is 11.8. The van der Waals surface area contributed by atoms with Gasteiger partial charge in [0.1, 0.15) is 0 Å². The number of hydrogen-bond acceptors (Lipinski definition) is 4. The first-order chi connectivity index (χ1) is 9.16. The number of nitrogens with zero attached hydrogens (tertiary/aromatic N) is 2. The number of aryl methyl sites for hydroxylation is 1. The number of non-ortho nitro benzene ring substituents is 1. The predicted octanol–water partition coefficient (Wildman–Crippen LogP) is 4.18. The summed E-state index contributed by atoms with van der Waals surface area (Å²) in [5.41, 5.74) is 2.70. The fourth-order valence-corrected chi connectivity index (χ4v) is 2.87. The Hall–Kier alpha value is -2.27. The van der Waals surface area contributed by atoms with Gasteiger partial charge in [0.15, 0.2) is 0 Å². The molecule has 4 nitrogen and oxygen atoms in total. The first-order valence-corrected chi connectivity index (χ1v) is 6.62. The molecule has 19 heavy (non-hydrogen) atoms. The van der Waals surface area contributed by atoms with Gasteiger partial charge in [0.05, 0.1) is 10.6 Å². The Morgan fingerprint density at radius 2 is 2.11 bits per heavy atom. The number of hydrogen-bond donors (Lipinski definition) is 0. The van der Waals surface area contributed by atoms with E-state index < -0.39 is 0 Å². The van der Waals surface area contributed by atoms with Gasteiger partial charge >= 0.3 is 0 Å². The third-order valence-corrected chi connectivity index (χ3v) is 3.95. The maximum atomic E-state index is 10.9. The standard InChI is InChI=1S/C14H10N2O2S/c1-9-2-3-10(16(17)18)8-12(9)14-11-5-7-19-13(11)4-6-15-14/h2-8H,1H3. The van der Waals surface area contributed by atoms with Gasteiger partial charge in [-0.15, -0.1) is 11.3 Å². The van der Waals surface area contributed by atoms with Crippen molar-refractivity contribution in [3.05, 3.63) is 57.6 Å². The maximum absolute atomic E-state index is 10.9. The minimum Gasteiger partial charge on any atom is -0.258 e. The number of nitro groups is 1. The van der Waals surface area contributed by atoms with Crippen molar-refractivity contribution in [1.29, 1.82) is 0 Å². The zero-order valence-electron chi connectivity index (χ0n) is 10.2. The second-order valence-corrected chi connectivity index (χ2v) is 5.20. The van der Waals surface area contributed by atoms with E-state index in [1.165, 1.54) is 6.07 Å². The Labute approximate surface area is 113 Å². The molecule has 0 radical (unpaired) electrons. The summed E-state index contributed by atoms with van der Waals surface area (Å²) in [5.74, 6) is 0. The number of thiophene rings is 1. The number of rotatable bonds is 2. The Bertz CT molecular complexity index is 780. The monoisotopic (exact) mass is 270 g/mol. The molecule has 0 saturated carbocycles. The third kappa shape index (κ3) is 1.98. The molecular weight excluding hydrogens is 260 g/mol. The summed E-state index contributed by atoms with van der Waals surface area (Å²) in [6.45, 7) is 1.94. The molecule has 3 aromatic rings. The molecular formula is C14H10N2O2S. The fraction of sp³-hybridized carbons (Fsp3) is 0.0714. The predicted molar refractivity (Wildman–Crippen MR) is 76.4 cm³/mol. The highest BCUT2D eigenvalue weighted by Crippen LogP contribution is 2.33. The highest BCUT2D eigenvalue weighted by atomic mass is 32.1. The Kier molecular flexibility index (Phi) is 2.76. The lowest BCUT2D eigenvalue weighted by atomic mass is 10.0. The molecule has 0 fully saturated rings. The largest absolute Gasteiger partial charge is 0.270 e. The highest BCUT2D eigenvalue weighted by Gasteiger charge is 2.13. The molecule has 0 saturated heterocycles. The Balaban J connectivity index is 2.29. The van der Waals surface area contributed by atoms with E-state index in [0.717, 1.165) is 26.9 Å². The number of fused-ring (bicyclic) bond motifs is 1. The van der Waals surface area contributed by atoms with Crippen LogP contribution in [0.2, 0.25) is 0 Å². The van der Waals surface area contributed by atoms with Crippen LogP contribution in [-0.2, 0) is 0 Å². The van der Waals surface area contributed by atoms with Crippen molar-refractivity contribution >= 4 is 27.1 Å². The molecule has 2 aromatic heterocycles. The van der Waals surface area contributed by atoms with Crippen LogP contribution in [0.25, 0.3) is 21.3 Å². The molecule has 0 spiro atoms. The zero-order valence-corrected chi connectivity index (χ0v) is 11.0. The van der Waals surface area contributed by atoms with Crippen molar-refractivity contribution in [3.63, 3.8) is 0 Å². The van der Waals surface area contributed by atoms with Gasteiger partial charge in [-0.05, 0) is 30.0 Å². The van der Waals surface area contributed by atoms with Crippen molar-refractivity contribution in [3.8, 4) is 11.3 Å². The van der Waals surface area contributed by atoms with Gasteiger partial charge in [-0.2, -0.15) is 0 Å². The molecule has 5 heteroatoms. The molecule has 0 aliphatic heterocycles. The van der Waals surface area contributed by atoms with E-state index in [1.54, 1.807) is 29.7 Å². The molecule has 0 amide bonds. The lowest BCUT2D eigenvalue weighted by Crippen LogP contribution is -1.92. The van der Waals surface area contributed by atoms with Crippen molar-refractivity contribution < 1.29 is 4.92 Å². The lowest BCUT2D eigenvalue weighted by Gasteiger charge is -2.06. The molecule has 0 atom stereocenters. The van der Waals surface area contributed by atoms with Crippen LogP contribution in [0.4, 0.5) is 5.69 Å². The van der Waals surface area contributed by atoms with Crippen LogP contribution in [0.15, 0.2) is 41.9 Å². The van der Waals surface area contributed by atoms with Crippen LogP contribution < -0.4 is 0 Å². The van der Waals surface area contributed by atoms with Gasteiger partial charge in [-0.25, -0.2) is 0 Å². The quantitative estimate of drug-likeness (QED) is 0.518. The number of nitro benzene ring substituents is 1. The first-order valence-electron chi connectivity index (χ1n) is 5.74. The summed E-state index contributed by atoms with van der Waals surface area (Å²) in [6.07, 6.45) is 1.74. The molecule has 0 N–H and O–H groups in total. The van der Waals surface area contributed by atoms with E-state index >= 15 is 0 Å². The summed E-state index contributed by atoms with van der Waals surface area (Å²) < 4.78 is 1.14. The van der Waals surface area contributed by atoms with Crippen LogP contribution in [0, 0.1) is 17.0 Å². The summed E-state index contributed by atoms with van der Waals surface area (Å²) in [6, 6.07) is 8.83. The summed E-state index contributed by atoms with van der Waals surface area (Å²) >= 11 is 1.64. The summed E-state index contributed by atoms with van der Waals surface area (Å²) in [4.78, 5) is 14.9. The van der Waals surface area contributed by atoms with Gasteiger partial charge in [0.25, 0.3) is 5.69 Å². The van der Waals surface area contributed by atoms with Crippen LogP contribution in [0.5, 0.6) is 0 Å². The average Bonchev–Trinajstić information content (AvgIpc) is 2.87. The molecule has 1 aromatic carbocycles. The second kappa shape index (κ2) is 4.44. The van der Waals surface area contributed by atoms with Gasteiger partial charge in [0.2, 0.25) is 0 Å². The SMILES string of the molecule is Cc1ccc([N+](=O)[O-])cc1-c1nccc2sccc12.